The zero-order chi connectivity index (χ0) is 12.3. The van der Waals surface area contributed by atoms with Gasteiger partial charge in [-0.3, -0.25) is 0 Å². The molecule has 1 aliphatic carbocycles. The Morgan fingerprint density at radius 3 is 2.94 bits per heavy atom. The number of aliphatic hydroxyl groups excluding tert-OH is 1. The molecular weight excluding hydrogens is 274 g/mol. The van der Waals surface area contributed by atoms with E-state index in [1.54, 1.807) is 34.9 Å². The second-order valence-electron chi connectivity index (χ2n) is 4.39. The Kier molecular flexibility index (Phi) is 4.71. The lowest BCUT2D eigenvalue weighted by Gasteiger charge is -2.35. The molecule has 4 nitrogen and oxygen atoms in total. The molecule has 0 saturated heterocycles. The molecule has 3 N–H and O–H groups in total. The van der Waals surface area contributed by atoms with Crippen molar-refractivity contribution in [3.05, 3.63) is 0 Å². The van der Waals surface area contributed by atoms with Gasteiger partial charge in [-0.15, -0.1) is 10.2 Å². The first kappa shape index (κ1) is 13.6. The Hall–Kier alpha value is 0.180. The van der Waals surface area contributed by atoms with Crippen molar-refractivity contribution >= 4 is 34.9 Å². The van der Waals surface area contributed by atoms with E-state index in [9.17, 15) is 5.11 Å². The smallest absolute Gasteiger partial charge is 0.175 e. The van der Waals surface area contributed by atoms with Crippen LogP contribution in [0.15, 0.2) is 8.68 Å². The van der Waals surface area contributed by atoms with Crippen LogP contribution in [0.5, 0.6) is 0 Å². The Balaban J connectivity index is 1.94. The van der Waals surface area contributed by atoms with Crippen molar-refractivity contribution in [3.63, 3.8) is 0 Å². The molecule has 0 aliphatic heterocycles. The van der Waals surface area contributed by atoms with E-state index in [4.69, 9.17) is 5.73 Å². The number of nitrogens with zero attached hydrogens (tertiary/aromatic N) is 2. The molecule has 0 bridgehead atoms. The van der Waals surface area contributed by atoms with Gasteiger partial charge in [-0.25, -0.2) is 0 Å². The van der Waals surface area contributed by atoms with E-state index in [0.29, 0.717) is 5.25 Å². The van der Waals surface area contributed by atoms with Crippen molar-refractivity contribution in [1.29, 1.82) is 0 Å². The summed E-state index contributed by atoms with van der Waals surface area (Å²) in [7, 11) is 0. The van der Waals surface area contributed by atoms with Crippen LogP contribution in [0.3, 0.4) is 0 Å². The van der Waals surface area contributed by atoms with Gasteiger partial charge in [0, 0.05) is 10.8 Å². The zero-order valence-corrected chi connectivity index (χ0v) is 12.2. The van der Waals surface area contributed by atoms with Crippen LogP contribution in [0.4, 0.5) is 0 Å². The highest BCUT2D eigenvalue weighted by Gasteiger charge is 2.33. The van der Waals surface area contributed by atoms with Crippen molar-refractivity contribution in [2.45, 2.75) is 45.2 Å². The van der Waals surface area contributed by atoms with Crippen LogP contribution in [0.2, 0.25) is 0 Å². The molecule has 1 heterocycles. The molecule has 7 heteroatoms. The first-order valence-corrected chi connectivity index (χ1v) is 8.51. The van der Waals surface area contributed by atoms with E-state index in [0.717, 1.165) is 34.4 Å². The number of hydrogen-bond acceptors (Lipinski definition) is 7. The molecule has 2 atom stereocenters. The molecular formula is C10H17N3OS3. The van der Waals surface area contributed by atoms with Gasteiger partial charge in [0.1, 0.15) is 0 Å². The van der Waals surface area contributed by atoms with Crippen LogP contribution in [0, 0.1) is 0 Å². The Labute approximate surface area is 114 Å². The second-order valence-corrected chi connectivity index (χ2v) is 7.97. The van der Waals surface area contributed by atoms with Crippen LogP contribution in [0.1, 0.15) is 25.7 Å². The van der Waals surface area contributed by atoms with E-state index < -0.39 is 0 Å². The van der Waals surface area contributed by atoms with E-state index in [2.05, 4.69) is 10.2 Å². The van der Waals surface area contributed by atoms with Gasteiger partial charge >= 0.3 is 0 Å². The van der Waals surface area contributed by atoms with E-state index in [-0.39, 0.29) is 12.1 Å². The third kappa shape index (κ3) is 3.57. The average Bonchev–Trinajstić information content (AvgIpc) is 2.77. The monoisotopic (exact) mass is 291 g/mol. The minimum absolute atomic E-state index is 0.0796. The largest absolute Gasteiger partial charge is 0.394 e. The minimum atomic E-state index is -0.386. The number of thioether (sulfide) groups is 2. The molecule has 0 radical (unpaired) electrons. The van der Waals surface area contributed by atoms with Crippen molar-refractivity contribution in [1.82, 2.24) is 10.2 Å². The first-order chi connectivity index (χ1) is 8.15. The van der Waals surface area contributed by atoms with Gasteiger partial charge in [0.2, 0.25) is 0 Å². The maximum absolute atomic E-state index is 9.31. The molecule has 0 spiro atoms. The lowest BCUT2D eigenvalue weighted by atomic mass is 9.83. The number of nitrogens with two attached hydrogens (primary N) is 1. The quantitative estimate of drug-likeness (QED) is 0.827. The molecule has 2 rings (SSSR count). The van der Waals surface area contributed by atoms with E-state index in [1.165, 1.54) is 0 Å². The average molecular weight is 291 g/mol. The molecule has 2 unspecified atom stereocenters. The summed E-state index contributed by atoms with van der Waals surface area (Å²) in [6, 6.07) is 0. The van der Waals surface area contributed by atoms with Crippen LogP contribution in [-0.2, 0) is 0 Å². The van der Waals surface area contributed by atoms with Gasteiger partial charge in [-0.1, -0.05) is 41.3 Å². The van der Waals surface area contributed by atoms with Gasteiger partial charge in [0.15, 0.2) is 8.68 Å². The van der Waals surface area contributed by atoms with Crippen molar-refractivity contribution in [3.8, 4) is 0 Å². The van der Waals surface area contributed by atoms with Crippen molar-refractivity contribution < 1.29 is 5.11 Å². The maximum Gasteiger partial charge on any atom is 0.175 e. The van der Waals surface area contributed by atoms with Gasteiger partial charge in [-0.2, -0.15) is 0 Å². The Morgan fingerprint density at radius 1 is 1.53 bits per heavy atom. The van der Waals surface area contributed by atoms with Crippen LogP contribution in [0.25, 0.3) is 0 Å². The standard InChI is InChI=1S/C10H17N3OS3/c1-15-8-12-13-9(17-8)16-7-3-2-4-10(11,5-7)6-14/h7,14H,2-6,11H2,1H3. The van der Waals surface area contributed by atoms with Gasteiger partial charge in [-0.05, 0) is 25.5 Å². The number of aromatic nitrogens is 2. The van der Waals surface area contributed by atoms with Crippen LogP contribution in [-0.4, -0.2) is 39.0 Å². The third-order valence-electron chi connectivity index (χ3n) is 2.98. The summed E-state index contributed by atoms with van der Waals surface area (Å²) in [5, 5.41) is 18.0. The summed E-state index contributed by atoms with van der Waals surface area (Å²) >= 11 is 5.02. The minimum Gasteiger partial charge on any atom is -0.394 e. The van der Waals surface area contributed by atoms with E-state index in [1.807, 2.05) is 6.26 Å². The lowest BCUT2D eigenvalue weighted by molar-refractivity contribution is 0.159. The van der Waals surface area contributed by atoms with Crippen molar-refractivity contribution in [2.24, 2.45) is 5.73 Å². The first-order valence-electron chi connectivity index (χ1n) is 5.59. The normalized spacial score (nSPS) is 29.5. The molecule has 1 saturated carbocycles. The highest BCUT2D eigenvalue weighted by molar-refractivity contribution is 8.03. The number of aliphatic hydroxyl groups is 1. The van der Waals surface area contributed by atoms with E-state index >= 15 is 0 Å². The summed E-state index contributed by atoms with van der Waals surface area (Å²) in [4.78, 5) is 0. The van der Waals surface area contributed by atoms with Gasteiger partial charge in [0.25, 0.3) is 0 Å². The summed E-state index contributed by atoms with van der Waals surface area (Å²) in [5.74, 6) is 0. The highest BCUT2D eigenvalue weighted by atomic mass is 32.2. The second kappa shape index (κ2) is 5.88. The topological polar surface area (TPSA) is 72.0 Å². The van der Waals surface area contributed by atoms with Crippen molar-refractivity contribution in [2.75, 3.05) is 12.9 Å². The Bertz CT molecular complexity index is 373. The maximum atomic E-state index is 9.31. The molecule has 1 fully saturated rings. The fraction of sp³-hybridized carbons (Fsp3) is 0.800. The summed E-state index contributed by atoms with van der Waals surface area (Å²) < 4.78 is 2.02. The summed E-state index contributed by atoms with van der Waals surface area (Å²) in [5.41, 5.74) is 5.75. The van der Waals surface area contributed by atoms with Gasteiger partial charge in [0.05, 0.1) is 6.61 Å². The molecule has 1 aromatic heterocycles. The fourth-order valence-corrected chi connectivity index (χ4v) is 5.13. The highest BCUT2D eigenvalue weighted by Crippen LogP contribution is 2.38. The molecule has 96 valence electrons. The Morgan fingerprint density at radius 2 is 2.29 bits per heavy atom. The molecule has 0 amide bonds. The number of rotatable bonds is 4. The zero-order valence-electron chi connectivity index (χ0n) is 9.76. The summed E-state index contributed by atoms with van der Waals surface area (Å²) in [6.07, 6.45) is 6.03. The SMILES string of the molecule is CSc1nnc(SC2CCCC(N)(CO)C2)s1. The number of hydrogen-bond donors (Lipinski definition) is 2. The summed E-state index contributed by atoms with van der Waals surface area (Å²) in [6.45, 7) is 0.0796. The van der Waals surface area contributed by atoms with Crippen LogP contribution >= 0.6 is 34.9 Å². The molecule has 1 aromatic rings. The van der Waals surface area contributed by atoms with Crippen LogP contribution < -0.4 is 5.73 Å². The lowest BCUT2D eigenvalue weighted by Crippen LogP contribution is -2.48. The molecule has 0 aromatic carbocycles. The fourth-order valence-electron chi connectivity index (χ4n) is 2.05. The van der Waals surface area contributed by atoms with Gasteiger partial charge < -0.3 is 10.8 Å². The molecule has 17 heavy (non-hydrogen) atoms. The predicted molar refractivity (Wildman–Crippen MR) is 73.8 cm³/mol. The third-order valence-corrected chi connectivity index (χ3v) is 6.23. The predicted octanol–water partition coefficient (Wildman–Crippen LogP) is 1.98. The molecule has 1 aliphatic rings.